The van der Waals surface area contributed by atoms with Gasteiger partial charge in [-0.2, -0.15) is 0 Å². The Morgan fingerprint density at radius 3 is 1.84 bits per heavy atom. The first-order valence-electron chi connectivity index (χ1n) is 15.2. The fourth-order valence-electron chi connectivity index (χ4n) is 6.27. The molecule has 0 aliphatic rings. The standard InChI is InChI=1S/C43H37N/c1-4-13-34-29-36(24-23-32(34)5-2)42-38-15-8-10-17-40(38)43(41-18-11-9-16-39(41)42)37-26-25-35(28-30(37)3)33-21-19-31(20-22-33)14-7-6-12-27-44/h4-13,15-29H,2,14,44H2,1,3H3/b7-6-,13-4-,27-12-. The number of rotatable bonds is 8. The Hall–Kier alpha value is -5.40. The lowest BCUT2D eigenvalue weighted by atomic mass is 9.84. The van der Waals surface area contributed by atoms with Crippen molar-refractivity contribution >= 4 is 33.7 Å². The highest BCUT2D eigenvalue weighted by atomic mass is 14.5. The first-order valence-corrected chi connectivity index (χ1v) is 15.2. The van der Waals surface area contributed by atoms with Crippen molar-refractivity contribution in [2.75, 3.05) is 0 Å². The van der Waals surface area contributed by atoms with Crippen LogP contribution in [0.25, 0.3) is 67.1 Å². The van der Waals surface area contributed by atoms with E-state index in [-0.39, 0.29) is 0 Å². The number of nitrogens with two attached hydrogens (primary N) is 1. The lowest BCUT2D eigenvalue weighted by Crippen LogP contribution is -1.93. The van der Waals surface area contributed by atoms with Gasteiger partial charge in [0.25, 0.3) is 0 Å². The van der Waals surface area contributed by atoms with Gasteiger partial charge in [0.2, 0.25) is 0 Å². The first-order chi connectivity index (χ1) is 21.6. The van der Waals surface area contributed by atoms with E-state index in [9.17, 15) is 0 Å². The Bertz CT molecular complexity index is 2010. The Labute approximate surface area is 261 Å². The summed E-state index contributed by atoms with van der Waals surface area (Å²) in [4.78, 5) is 0. The van der Waals surface area contributed by atoms with Crippen LogP contribution in [-0.4, -0.2) is 0 Å². The van der Waals surface area contributed by atoms with Gasteiger partial charge in [-0.3, -0.25) is 0 Å². The Kier molecular flexibility index (Phi) is 8.39. The van der Waals surface area contributed by atoms with Gasteiger partial charge in [-0.05, 0) is 116 Å². The first kappa shape index (κ1) is 28.7. The number of hydrogen-bond donors (Lipinski definition) is 1. The lowest BCUT2D eigenvalue weighted by Gasteiger charge is -2.19. The maximum Gasteiger partial charge on any atom is -0.00237 e. The normalized spacial score (nSPS) is 11.9. The smallest absolute Gasteiger partial charge is 0.00237 e. The summed E-state index contributed by atoms with van der Waals surface area (Å²) in [6.07, 6.45) is 14.6. The van der Waals surface area contributed by atoms with Crippen molar-refractivity contribution in [3.05, 3.63) is 169 Å². The molecular weight excluding hydrogens is 530 g/mol. The predicted octanol–water partition coefficient (Wildman–Crippen LogP) is 11.5. The molecule has 2 N–H and O–H groups in total. The van der Waals surface area contributed by atoms with Crippen LogP contribution in [0.1, 0.15) is 29.2 Å². The van der Waals surface area contributed by atoms with E-state index in [2.05, 4.69) is 148 Å². The summed E-state index contributed by atoms with van der Waals surface area (Å²) < 4.78 is 0. The summed E-state index contributed by atoms with van der Waals surface area (Å²) in [5.41, 5.74) is 17.8. The van der Waals surface area contributed by atoms with E-state index >= 15 is 0 Å². The molecule has 44 heavy (non-hydrogen) atoms. The molecule has 0 aliphatic carbocycles. The molecule has 1 heteroatoms. The zero-order valence-corrected chi connectivity index (χ0v) is 25.4. The Morgan fingerprint density at radius 1 is 0.636 bits per heavy atom. The summed E-state index contributed by atoms with van der Waals surface area (Å²) in [6, 6.07) is 40.1. The molecule has 0 bridgehead atoms. The molecule has 0 heterocycles. The minimum atomic E-state index is 0.883. The van der Waals surface area contributed by atoms with Crippen molar-refractivity contribution in [2.24, 2.45) is 5.73 Å². The van der Waals surface area contributed by atoms with Gasteiger partial charge >= 0.3 is 0 Å². The van der Waals surface area contributed by atoms with Crippen molar-refractivity contribution in [1.29, 1.82) is 0 Å². The third kappa shape index (κ3) is 5.53. The molecule has 0 aromatic heterocycles. The molecule has 1 nitrogen and oxygen atoms in total. The van der Waals surface area contributed by atoms with Gasteiger partial charge in [0.15, 0.2) is 0 Å². The summed E-state index contributed by atoms with van der Waals surface area (Å²) in [5.74, 6) is 0. The van der Waals surface area contributed by atoms with E-state index < -0.39 is 0 Å². The largest absolute Gasteiger partial charge is 0.405 e. The lowest BCUT2D eigenvalue weighted by molar-refractivity contribution is 1.27. The van der Waals surface area contributed by atoms with E-state index in [0.717, 1.165) is 12.0 Å². The van der Waals surface area contributed by atoms with Crippen LogP contribution in [0.4, 0.5) is 0 Å². The van der Waals surface area contributed by atoms with Gasteiger partial charge in [0, 0.05) is 0 Å². The summed E-state index contributed by atoms with van der Waals surface area (Å²) in [5, 5.41) is 5.04. The summed E-state index contributed by atoms with van der Waals surface area (Å²) in [7, 11) is 0. The highest BCUT2D eigenvalue weighted by molar-refractivity contribution is 6.21. The SMILES string of the molecule is C=Cc1ccc(-c2c3ccccc3c(-c3ccc(-c4ccc(C/C=C\C=C/N)cc4)cc3C)c3ccccc23)cc1/C=C\C. The maximum atomic E-state index is 5.42. The van der Waals surface area contributed by atoms with Crippen molar-refractivity contribution in [2.45, 2.75) is 20.3 Å². The van der Waals surface area contributed by atoms with E-state index in [4.69, 9.17) is 5.73 Å². The third-order valence-corrected chi connectivity index (χ3v) is 8.37. The molecule has 0 saturated carbocycles. The topological polar surface area (TPSA) is 26.0 Å². The van der Waals surface area contributed by atoms with Crippen molar-refractivity contribution in [3.8, 4) is 33.4 Å². The highest BCUT2D eigenvalue weighted by Gasteiger charge is 2.18. The van der Waals surface area contributed by atoms with Crippen molar-refractivity contribution in [3.63, 3.8) is 0 Å². The van der Waals surface area contributed by atoms with E-state index in [1.54, 1.807) is 6.20 Å². The highest BCUT2D eigenvalue weighted by Crippen LogP contribution is 2.45. The quantitative estimate of drug-likeness (QED) is 0.144. The van der Waals surface area contributed by atoms with Crippen LogP contribution in [0.5, 0.6) is 0 Å². The molecular formula is C43H37N. The molecule has 6 aromatic rings. The van der Waals surface area contributed by atoms with E-state index in [1.807, 2.05) is 18.2 Å². The fraction of sp³-hybridized carbons (Fsp3) is 0.0698. The molecule has 0 amide bonds. The number of benzene rings is 6. The number of hydrogen-bond acceptors (Lipinski definition) is 1. The molecule has 0 radical (unpaired) electrons. The molecule has 0 atom stereocenters. The second-order valence-electron chi connectivity index (χ2n) is 11.1. The summed E-state index contributed by atoms with van der Waals surface area (Å²) in [6.45, 7) is 8.33. The van der Waals surface area contributed by atoms with Crippen LogP contribution in [0.15, 0.2) is 146 Å². The maximum absolute atomic E-state index is 5.42. The van der Waals surface area contributed by atoms with Gasteiger partial charge in [-0.1, -0.05) is 140 Å². The fourth-order valence-corrected chi connectivity index (χ4v) is 6.27. The van der Waals surface area contributed by atoms with Gasteiger partial charge in [-0.15, -0.1) is 0 Å². The molecule has 0 spiro atoms. The van der Waals surface area contributed by atoms with E-state index in [0.29, 0.717) is 0 Å². The number of allylic oxidation sites excluding steroid dienone is 4. The minimum absolute atomic E-state index is 0.883. The van der Waals surface area contributed by atoms with Gasteiger partial charge in [0.05, 0.1) is 0 Å². The van der Waals surface area contributed by atoms with Crippen LogP contribution < -0.4 is 5.73 Å². The monoisotopic (exact) mass is 567 g/mol. The van der Waals surface area contributed by atoms with Gasteiger partial charge in [-0.25, -0.2) is 0 Å². The van der Waals surface area contributed by atoms with Crippen LogP contribution in [0.2, 0.25) is 0 Å². The van der Waals surface area contributed by atoms with Crippen molar-refractivity contribution < 1.29 is 0 Å². The Balaban J connectivity index is 1.49. The average molecular weight is 568 g/mol. The van der Waals surface area contributed by atoms with E-state index in [1.165, 1.54) is 71.6 Å². The van der Waals surface area contributed by atoms with Crippen LogP contribution in [0.3, 0.4) is 0 Å². The third-order valence-electron chi connectivity index (χ3n) is 8.37. The number of fused-ring (bicyclic) bond motifs is 2. The second-order valence-corrected chi connectivity index (χ2v) is 11.1. The minimum Gasteiger partial charge on any atom is -0.405 e. The van der Waals surface area contributed by atoms with Gasteiger partial charge in [0.1, 0.15) is 0 Å². The molecule has 0 saturated heterocycles. The number of aryl methyl sites for hydroxylation is 1. The predicted molar refractivity (Wildman–Crippen MR) is 193 cm³/mol. The molecule has 6 rings (SSSR count). The molecule has 0 fully saturated rings. The van der Waals surface area contributed by atoms with Gasteiger partial charge < -0.3 is 5.73 Å². The average Bonchev–Trinajstić information content (AvgIpc) is 3.06. The molecule has 214 valence electrons. The zero-order valence-electron chi connectivity index (χ0n) is 25.4. The van der Waals surface area contributed by atoms with Crippen LogP contribution >= 0.6 is 0 Å². The molecule has 0 unspecified atom stereocenters. The van der Waals surface area contributed by atoms with Crippen molar-refractivity contribution in [1.82, 2.24) is 0 Å². The Morgan fingerprint density at radius 2 is 1.25 bits per heavy atom. The zero-order chi connectivity index (χ0) is 30.5. The van der Waals surface area contributed by atoms with Crippen LogP contribution in [-0.2, 0) is 6.42 Å². The molecule has 0 aliphatic heterocycles. The second kappa shape index (κ2) is 12.9. The molecule has 6 aromatic carbocycles. The summed E-state index contributed by atoms with van der Waals surface area (Å²) >= 11 is 0. The van der Waals surface area contributed by atoms with Crippen LogP contribution in [0, 0.1) is 6.92 Å².